The van der Waals surface area contributed by atoms with E-state index in [9.17, 15) is 14.7 Å². The molecule has 1 aliphatic carbocycles. The van der Waals surface area contributed by atoms with Crippen molar-refractivity contribution in [3.63, 3.8) is 0 Å². The molecular formula is C22H25NO4. The van der Waals surface area contributed by atoms with Gasteiger partial charge in [0.05, 0.1) is 23.4 Å². The van der Waals surface area contributed by atoms with Gasteiger partial charge in [0.1, 0.15) is 11.5 Å². The molecule has 27 heavy (non-hydrogen) atoms. The van der Waals surface area contributed by atoms with Crippen LogP contribution in [0.4, 0.5) is 5.69 Å². The molecule has 0 heterocycles. The van der Waals surface area contributed by atoms with Crippen LogP contribution in [0.25, 0.3) is 0 Å². The Labute approximate surface area is 159 Å². The number of carbonyl (C=O) groups excluding carboxylic acids is 2. The van der Waals surface area contributed by atoms with Gasteiger partial charge in [0.15, 0.2) is 11.6 Å². The van der Waals surface area contributed by atoms with Crippen molar-refractivity contribution in [3.8, 4) is 11.5 Å². The molecule has 0 aromatic heterocycles. The predicted molar refractivity (Wildman–Crippen MR) is 105 cm³/mol. The summed E-state index contributed by atoms with van der Waals surface area (Å²) in [4.78, 5) is 25.6. The van der Waals surface area contributed by atoms with Gasteiger partial charge in [0.2, 0.25) is 0 Å². The lowest BCUT2D eigenvalue weighted by Crippen LogP contribution is -2.23. The number of rotatable bonds is 8. The van der Waals surface area contributed by atoms with E-state index in [1.165, 1.54) is 25.3 Å². The number of hydrogen-bond acceptors (Lipinski definition) is 5. The number of phenols is 1. The number of phenolic OH excluding ortho intramolecular Hbond substituents is 1. The highest BCUT2D eigenvalue weighted by atomic mass is 16.5. The Kier molecular flexibility index (Phi) is 5.79. The first-order valence-electron chi connectivity index (χ1n) is 9.53. The fraction of sp³-hybridized carbons (Fsp3) is 0.364. The number of ketones is 2. The lowest BCUT2D eigenvalue weighted by molar-refractivity contribution is 0.0977. The van der Waals surface area contributed by atoms with Gasteiger partial charge in [-0.3, -0.25) is 9.59 Å². The van der Waals surface area contributed by atoms with Gasteiger partial charge in [-0.2, -0.15) is 0 Å². The molecule has 2 aromatic rings. The molecule has 0 radical (unpaired) electrons. The summed E-state index contributed by atoms with van der Waals surface area (Å²) in [5.74, 6) is -0.782. The highest BCUT2D eigenvalue weighted by Crippen LogP contribution is 2.41. The van der Waals surface area contributed by atoms with Crippen molar-refractivity contribution in [3.05, 3.63) is 52.6 Å². The largest absolute Gasteiger partial charge is 0.507 e. The quantitative estimate of drug-likeness (QED) is 0.348. The van der Waals surface area contributed by atoms with Gasteiger partial charge in [-0.15, -0.1) is 0 Å². The van der Waals surface area contributed by atoms with Crippen molar-refractivity contribution in [2.45, 2.75) is 45.4 Å². The molecule has 3 rings (SSSR count). The average Bonchev–Trinajstić information content (AvgIpc) is 2.67. The topological polar surface area (TPSA) is 89.6 Å². The molecule has 0 unspecified atom stereocenters. The molecule has 0 atom stereocenters. The number of hydrogen-bond donors (Lipinski definition) is 2. The smallest absolute Gasteiger partial charge is 0.198 e. The lowest BCUT2D eigenvalue weighted by Gasteiger charge is -2.21. The van der Waals surface area contributed by atoms with Crippen LogP contribution in [0.3, 0.4) is 0 Å². The molecule has 0 fully saturated rings. The van der Waals surface area contributed by atoms with E-state index in [0.29, 0.717) is 12.2 Å². The molecule has 0 saturated heterocycles. The number of aromatic hydroxyl groups is 1. The number of fused-ring (bicyclic) bond motifs is 2. The van der Waals surface area contributed by atoms with Crippen LogP contribution >= 0.6 is 0 Å². The van der Waals surface area contributed by atoms with Gasteiger partial charge in [0, 0.05) is 17.2 Å². The second-order valence-corrected chi connectivity index (χ2v) is 6.88. The van der Waals surface area contributed by atoms with Crippen LogP contribution in [0.15, 0.2) is 30.3 Å². The Balaban J connectivity index is 1.79. The van der Waals surface area contributed by atoms with E-state index >= 15 is 0 Å². The summed E-state index contributed by atoms with van der Waals surface area (Å²) in [7, 11) is 0. The summed E-state index contributed by atoms with van der Waals surface area (Å²) in [5, 5.41) is 10.4. The summed E-state index contributed by atoms with van der Waals surface area (Å²) in [6.07, 6.45) is 6.75. The van der Waals surface area contributed by atoms with Crippen molar-refractivity contribution in [2.75, 3.05) is 12.3 Å². The summed E-state index contributed by atoms with van der Waals surface area (Å²) < 4.78 is 5.71. The average molecular weight is 367 g/mol. The molecular weight excluding hydrogens is 342 g/mol. The third-order valence-electron chi connectivity index (χ3n) is 4.93. The second-order valence-electron chi connectivity index (χ2n) is 6.88. The Morgan fingerprint density at radius 1 is 0.926 bits per heavy atom. The van der Waals surface area contributed by atoms with E-state index < -0.39 is 5.78 Å². The number of unbranched alkanes of at least 4 members (excludes halogenated alkanes) is 5. The van der Waals surface area contributed by atoms with Crippen LogP contribution in [-0.2, 0) is 0 Å². The first-order chi connectivity index (χ1) is 13.1. The van der Waals surface area contributed by atoms with E-state index in [-0.39, 0.29) is 39.7 Å². The minimum absolute atomic E-state index is 0.0386. The Morgan fingerprint density at radius 2 is 1.52 bits per heavy atom. The van der Waals surface area contributed by atoms with Crippen LogP contribution in [0.5, 0.6) is 11.5 Å². The molecule has 0 spiro atoms. The van der Waals surface area contributed by atoms with Gasteiger partial charge in [0.25, 0.3) is 0 Å². The third-order valence-corrected chi connectivity index (χ3v) is 4.93. The summed E-state index contributed by atoms with van der Waals surface area (Å²) >= 11 is 0. The Morgan fingerprint density at radius 3 is 2.19 bits per heavy atom. The van der Waals surface area contributed by atoms with Crippen LogP contribution in [0.1, 0.15) is 77.3 Å². The van der Waals surface area contributed by atoms with Gasteiger partial charge >= 0.3 is 0 Å². The van der Waals surface area contributed by atoms with E-state index in [1.807, 2.05) is 0 Å². The van der Waals surface area contributed by atoms with E-state index in [1.54, 1.807) is 24.3 Å². The first kappa shape index (κ1) is 19.0. The highest BCUT2D eigenvalue weighted by Gasteiger charge is 2.35. The fourth-order valence-electron chi connectivity index (χ4n) is 3.46. The summed E-state index contributed by atoms with van der Waals surface area (Å²) in [5.41, 5.74) is 6.85. The zero-order valence-electron chi connectivity index (χ0n) is 15.6. The standard InChI is InChI=1S/C22H25NO4/c1-2-3-4-5-6-9-12-27-17-13-16(24)18-19(20(17)23)22(26)15-11-8-7-10-14(15)21(18)25/h7-8,10-11,13,24H,2-6,9,12,23H2,1H3. The SMILES string of the molecule is CCCCCCCCOc1cc(O)c2c(c1N)C(=O)c1ccccc1C2=O. The minimum atomic E-state index is -0.396. The highest BCUT2D eigenvalue weighted by molar-refractivity contribution is 6.31. The molecule has 5 nitrogen and oxygen atoms in total. The van der Waals surface area contributed by atoms with Crippen molar-refractivity contribution in [2.24, 2.45) is 0 Å². The molecule has 0 bridgehead atoms. The van der Waals surface area contributed by atoms with Crippen molar-refractivity contribution >= 4 is 17.3 Å². The molecule has 2 aromatic carbocycles. The molecule has 3 N–H and O–H groups in total. The number of carbonyl (C=O) groups is 2. The number of nitrogens with two attached hydrogens (primary N) is 1. The maximum absolute atomic E-state index is 12.9. The van der Waals surface area contributed by atoms with Crippen LogP contribution in [0.2, 0.25) is 0 Å². The Hall–Kier alpha value is -2.82. The van der Waals surface area contributed by atoms with Crippen molar-refractivity contribution in [1.82, 2.24) is 0 Å². The molecule has 5 heteroatoms. The van der Waals surface area contributed by atoms with Gasteiger partial charge in [-0.05, 0) is 6.42 Å². The maximum atomic E-state index is 12.9. The molecule has 0 saturated carbocycles. The molecule has 1 aliphatic rings. The Bertz CT molecular complexity index is 873. The predicted octanol–water partition coefficient (Wildman–Crippen LogP) is 4.49. The van der Waals surface area contributed by atoms with Crippen LogP contribution in [0, 0.1) is 0 Å². The number of benzene rings is 2. The van der Waals surface area contributed by atoms with Crippen molar-refractivity contribution in [1.29, 1.82) is 0 Å². The number of ether oxygens (including phenoxy) is 1. The van der Waals surface area contributed by atoms with Gasteiger partial charge in [-0.1, -0.05) is 63.3 Å². The van der Waals surface area contributed by atoms with Crippen molar-refractivity contribution < 1.29 is 19.4 Å². The zero-order chi connectivity index (χ0) is 19.4. The van der Waals surface area contributed by atoms with Crippen LogP contribution in [-0.4, -0.2) is 23.3 Å². The molecule has 0 amide bonds. The molecule has 142 valence electrons. The van der Waals surface area contributed by atoms with E-state index in [4.69, 9.17) is 10.5 Å². The summed E-state index contributed by atoms with van der Waals surface area (Å²) in [6, 6.07) is 7.90. The normalized spacial score (nSPS) is 12.6. The first-order valence-corrected chi connectivity index (χ1v) is 9.53. The molecule has 0 aliphatic heterocycles. The zero-order valence-corrected chi connectivity index (χ0v) is 15.6. The number of anilines is 1. The maximum Gasteiger partial charge on any atom is 0.198 e. The summed E-state index contributed by atoms with van der Waals surface area (Å²) in [6.45, 7) is 2.63. The fourth-order valence-corrected chi connectivity index (χ4v) is 3.46. The number of nitrogen functional groups attached to an aromatic ring is 1. The van der Waals surface area contributed by atoms with Gasteiger partial charge in [-0.25, -0.2) is 0 Å². The lowest BCUT2D eigenvalue weighted by atomic mass is 9.82. The monoisotopic (exact) mass is 367 g/mol. The third kappa shape index (κ3) is 3.68. The minimum Gasteiger partial charge on any atom is -0.507 e. The second kappa shape index (κ2) is 8.25. The van der Waals surface area contributed by atoms with Crippen LogP contribution < -0.4 is 10.5 Å². The van der Waals surface area contributed by atoms with Gasteiger partial charge < -0.3 is 15.6 Å². The van der Waals surface area contributed by atoms with E-state index in [2.05, 4.69) is 6.92 Å². The van der Waals surface area contributed by atoms with E-state index in [0.717, 1.165) is 19.3 Å².